The second-order valence-electron chi connectivity index (χ2n) is 7.34. The molecule has 4 rings (SSSR count). The van der Waals surface area contributed by atoms with E-state index in [9.17, 15) is 19.8 Å². The number of hydrogen-bond acceptors (Lipinski definition) is 7. The van der Waals surface area contributed by atoms with E-state index < -0.39 is 11.5 Å². The number of ether oxygens (including phenoxy) is 1. The number of aliphatic hydroxyl groups excluding tert-OH is 1. The van der Waals surface area contributed by atoms with Gasteiger partial charge in [0, 0.05) is 18.1 Å². The number of aromatic carboxylic acids is 1. The Morgan fingerprint density at radius 2 is 2.16 bits per heavy atom. The highest BCUT2D eigenvalue weighted by molar-refractivity contribution is 6.32. The Bertz CT molecular complexity index is 1210. The molecule has 1 aliphatic heterocycles. The third kappa shape index (κ3) is 3.94. The number of halogens is 1. The van der Waals surface area contributed by atoms with Crippen LogP contribution in [0.5, 0.6) is 5.75 Å². The van der Waals surface area contributed by atoms with Gasteiger partial charge in [0.25, 0.3) is 5.56 Å². The van der Waals surface area contributed by atoms with Crippen LogP contribution in [0.2, 0.25) is 5.02 Å². The fourth-order valence-electron chi connectivity index (χ4n) is 3.87. The molecule has 9 nitrogen and oxygen atoms in total. The predicted octanol–water partition coefficient (Wildman–Crippen LogP) is 2.16. The zero-order valence-electron chi connectivity index (χ0n) is 16.8. The molecule has 0 bridgehead atoms. The predicted molar refractivity (Wildman–Crippen MR) is 115 cm³/mol. The molecule has 0 radical (unpaired) electrons. The fraction of sp³-hybridized carbons (Fsp3) is 0.333. The maximum Gasteiger partial charge on any atom is 0.341 e. The number of carboxylic acid groups (broad SMARTS) is 1. The largest absolute Gasteiger partial charge is 0.495 e. The van der Waals surface area contributed by atoms with Gasteiger partial charge in [-0.25, -0.2) is 9.78 Å². The van der Waals surface area contributed by atoms with E-state index in [0.29, 0.717) is 39.9 Å². The molecular formula is C21H21ClN4O5. The highest BCUT2D eigenvalue weighted by Crippen LogP contribution is 2.27. The van der Waals surface area contributed by atoms with Crippen LogP contribution in [0.4, 0.5) is 5.95 Å². The first-order valence-corrected chi connectivity index (χ1v) is 10.1. The van der Waals surface area contributed by atoms with E-state index in [0.717, 1.165) is 12.8 Å². The number of nitrogens with zero attached hydrogens (tertiary/aromatic N) is 4. The molecule has 1 unspecified atom stereocenters. The van der Waals surface area contributed by atoms with Gasteiger partial charge in [-0.1, -0.05) is 17.7 Å². The summed E-state index contributed by atoms with van der Waals surface area (Å²) in [5.41, 5.74) is -0.0311. The second-order valence-corrected chi connectivity index (χ2v) is 7.75. The molecule has 2 N–H and O–H groups in total. The summed E-state index contributed by atoms with van der Waals surface area (Å²) in [6, 6.07) is 6.30. The third-order valence-electron chi connectivity index (χ3n) is 5.45. The lowest BCUT2D eigenvalue weighted by molar-refractivity contribution is 0.0694. The Kier molecular flexibility index (Phi) is 5.79. The number of pyridine rings is 1. The Labute approximate surface area is 182 Å². The number of methoxy groups -OCH3 is 1. The molecule has 1 atom stereocenters. The number of carboxylic acids is 1. The Morgan fingerprint density at radius 1 is 1.35 bits per heavy atom. The molecule has 31 heavy (non-hydrogen) atoms. The SMILES string of the molecule is COc1ccc(Cn2c(=O)c(C(=O)O)cc3cnc(N4CCCC4CO)nc32)cc1Cl. The molecule has 1 aliphatic rings. The lowest BCUT2D eigenvalue weighted by Crippen LogP contribution is -2.34. The van der Waals surface area contributed by atoms with Gasteiger partial charge in [-0.05, 0) is 36.6 Å². The van der Waals surface area contributed by atoms with E-state index in [4.69, 9.17) is 16.3 Å². The van der Waals surface area contributed by atoms with Crippen molar-refractivity contribution in [2.45, 2.75) is 25.4 Å². The van der Waals surface area contributed by atoms with Gasteiger partial charge in [0.2, 0.25) is 5.95 Å². The summed E-state index contributed by atoms with van der Waals surface area (Å²) in [6.45, 7) is 0.749. The number of benzene rings is 1. The zero-order chi connectivity index (χ0) is 22.1. The van der Waals surface area contributed by atoms with E-state index in [1.54, 1.807) is 18.2 Å². The van der Waals surface area contributed by atoms with Gasteiger partial charge < -0.3 is 19.8 Å². The number of carbonyl (C=O) groups is 1. The van der Waals surface area contributed by atoms with Crippen molar-refractivity contribution in [3.05, 3.63) is 57.0 Å². The van der Waals surface area contributed by atoms with Gasteiger partial charge in [-0.3, -0.25) is 9.36 Å². The van der Waals surface area contributed by atoms with Crippen LogP contribution in [0.3, 0.4) is 0 Å². The van der Waals surface area contributed by atoms with E-state index >= 15 is 0 Å². The highest BCUT2D eigenvalue weighted by atomic mass is 35.5. The van der Waals surface area contributed by atoms with Crippen LogP contribution in [0.25, 0.3) is 11.0 Å². The van der Waals surface area contributed by atoms with Crippen molar-refractivity contribution in [3.8, 4) is 5.75 Å². The molecule has 1 aromatic carbocycles. The molecular weight excluding hydrogens is 424 g/mol. The van der Waals surface area contributed by atoms with Crippen molar-refractivity contribution in [1.29, 1.82) is 0 Å². The van der Waals surface area contributed by atoms with Crippen LogP contribution in [-0.4, -0.2) is 57.0 Å². The summed E-state index contributed by atoms with van der Waals surface area (Å²) in [7, 11) is 1.51. The van der Waals surface area contributed by atoms with E-state index in [2.05, 4.69) is 9.97 Å². The average molecular weight is 445 g/mol. The monoisotopic (exact) mass is 444 g/mol. The van der Waals surface area contributed by atoms with Crippen molar-refractivity contribution >= 4 is 34.6 Å². The van der Waals surface area contributed by atoms with Crippen LogP contribution in [0.1, 0.15) is 28.8 Å². The summed E-state index contributed by atoms with van der Waals surface area (Å²) < 4.78 is 6.47. The van der Waals surface area contributed by atoms with E-state index in [1.165, 1.54) is 23.9 Å². The van der Waals surface area contributed by atoms with Gasteiger partial charge in [0.15, 0.2) is 0 Å². The van der Waals surface area contributed by atoms with Crippen LogP contribution >= 0.6 is 11.6 Å². The fourth-order valence-corrected chi connectivity index (χ4v) is 4.15. The number of fused-ring (bicyclic) bond motifs is 1. The first-order valence-electron chi connectivity index (χ1n) is 9.76. The van der Waals surface area contributed by atoms with Gasteiger partial charge in [0.05, 0.1) is 31.3 Å². The summed E-state index contributed by atoms with van der Waals surface area (Å²) in [6.07, 6.45) is 3.24. The minimum Gasteiger partial charge on any atom is -0.495 e. The van der Waals surface area contributed by atoms with Crippen molar-refractivity contribution < 1.29 is 19.7 Å². The molecule has 10 heteroatoms. The summed E-state index contributed by atoms with van der Waals surface area (Å²) in [5.74, 6) is -0.430. The van der Waals surface area contributed by atoms with E-state index in [-0.39, 0.29) is 24.8 Å². The average Bonchev–Trinajstić information content (AvgIpc) is 3.24. The number of aliphatic hydroxyl groups is 1. The maximum atomic E-state index is 13.0. The normalized spacial score (nSPS) is 16.1. The Morgan fingerprint density at radius 3 is 2.84 bits per heavy atom. The number of anilines is 1. The highest BCUT2D eigenvalue weighted by Gasteiger charge is 2.27. The molecule has 162 valence electrons. The van der Waals surface area contributed by atoms with Gasteiger partial charge in [-0.2, -0.15) is 4.98 Å². The number of aromatic nitrogens is 3. The van der Waals surface area contributed by atoms with Gasteiger partial charge in [-0.15, -0.1) is 0 Å². The van der Waals surface area contributed by atoms with Gasteiger partial charge >= 0.3 is 5.97 Å². The quantitative estimate of drug-likeness (QED) is 0.593. The van der Waals surface area contributed by atoms with Gasteiger partial charge in [0.1, 0.15) is 17.0 Å². The summed E-state index contributed by atoms with van der Waals surface area (Å²) >= 11 is 6.22. The smallest absolute Gasteiger partial charge is 0.341 e. The second kappa shape index (κ2) is 8.52. The molecule has 3 heterocycles. The lowest BCUT2D eigenvalue weighted by Gasteiger charge is -2.23. The topological polar surface area (TPSA) is 118 Å². The number of hydrogen-bond donors (Lipinski definition) is 2. The standard InChI is InChI=1S/C21H21ClN4O5/c1-31-17-5-4-12(7-16(17)22)10-26-18-13(8-15(19(26)28)20(29)30)9-23-21(24-18)25-6-2-3-14(25)11-27/h4-5,7-9,14,27H,2-3,6,10-11H2,1H3,(H,29,30). The first kappa shape index (κ1) is 21.1. The van der Waals surface area contributed by atoms with E-state index in [1.807, 2.05) is 4.90 Å². The molecule has 3 aromatic rings. The van der Waals surface area contributed by atoms with Crippen LogP contribution in [0.15, 0.2) is 35.3 Å². The molecule has 0 spiro atoms. The Balaban J connectivity index is 1.86. The molecule has 2 aromatic heterocycles. The zero-order valence-corrected chi connectivity index (χ0v) is 17.5. The minimum absolute atomic E-state index is 0.0174. The molecule has 1 fully saturated rings. The lowest BCUT2D eigenvalue weighted by atomic mass is 10.1. The maximum absolute atomic E-state index is 13.0. The molecule has 0 saturated carbocycles. The summed E-state index contributed by atoms with van der Waals surface area (Å²) in [4.78, 5) is 35.5. The first-order chi connectivity index (χ1) is 14.9. The van der Waals surface area contributed by atoms with Crippen molar-refractivity contribution in [1.82, 2.24) is 14.5 Å². The van der Waals surface area contributed by atoms with Crippen molar-refractivity contribution in [3.63, 3.8) is 0 Å². The van der Waals surface area contributed by atoms with Crippen molar-refractivity contribution in [2.24, 2.45) is 0 Å². The summed E-state index contributed by atoms with van der Waals surface area (Å²) in [5, 5.41) is 19.9. The van der Waals surface area contributed by atoms with Crippen LogP contribution in [0, 0.1) is 0 Å². The molecule has 1 saturated heterocycles. The van der Waals surface area contributed by atoms with Crippen molar-refractivity contribution in [2.75, 3.05) is 25.2 Å². The minimum atomic E-state index is -1.32. The molecule has 0 aliphatic carbocycles. The molecule has 0 amide bonds. The van der Waals surface area contributed by atoms with Crippen LogP contribution < -0.4 is 15.2 Å². The third-order valence-corrected chi connectivity index (χ3v) is 5.74. The number of rotatable bonds is 6. The Hall–Kier alpha value is -3.17. The van der Waals surface area contributed by atoms with Crippen LogP contribution in [-0.2, 0) is 6.54 Å².